The second-order valence-electron chi connectivity index (χ2n) is 5.05. The maximum Gasteiger partial charge on any atom is 0.264 e. The molecule has 7 nitrogen and oxygen atoms in total. The molecule has 0 aliphatic carbocycles. The number of rotatable bonds is 3. The first-order valence-corrected chi connectivity index (χ1v) is 8.95. The number of benzene rings is 2. The largest absolute Gasteiger partial charge is 0.342 e. The molecule has 0 unspecified atom stereocenters. The third-order valence-electron chi connectivity index (χ3n) is 3.39. The van der Waals surface area contributed by atoms with Crippen LogP contribution in [0.5, 0.6) is 0 Å². The monoisotopic (exact) mass is 345 g/mol. The van der Waals surface area contributed by atoms with Crippen LogP contribution in [0.3, 0.4) is 0 Å². The van der Waals surface area contributed by atoms with Crippen LogP contribution in [0.4, 0.5) is 5.69 Å². The lowest BCUT2D eigenvalue weighted by Crippen LogP contribution is -2.13. The fourth-order valence-electron chi connectivity index (χ4n) is 2.41. The Morgan fingerprint density at radius 2 is 2.00 bits per heavy atom. The van der Waals surface area contributed by atoms with E-state index in [1.165, 1.54) is 6.07 Å². The average molecular weight is 345 g/mol. The minimum atomic E-state index is -3.75. The molecule has 2 heterocycles. The molecule has 0 fully saturated rings. The first-order chi connectivity index (χ1) is 11.0. The van der Waals surface area contributed by atoms with Gasteiger partial charge in [0.05, 0.1) is 28.4 Å². The molecule has 2 aromatic carbocycles. The third-order valence-corrected chi connectivity index (χ3v) is 5.35. The molecule has 0 radical (unpaired) electrons. The summed E-state index contributed by atoms with van der Waals surface area (Å²) in [5.41, 5.74) is 2.97. The van der Waals surface area contributed by atoms with Crippen LogP contribution in [-0.4, -0.2) is 27.1 Å². The van der Waals surface area contributed by atoms with Gasteiger partial charge in [0, 0.05) is 0 Å². The molecule has 23 heavy (non-hydrogen) atoms. The summed E-state index contributed by atoms with van der Waals surface area (Å²) >= 11 is 0.989. The van der Waals surface area contributed by atoms with Crippen molar-refractivity contribution in [1.82, 2.24) is 18.7 Å². The SMILES string of the molecule is Cc1nc2ccc(NS(=O)(=O)c3cccc4nsnc34)cc2[nH]1. The van der Waals surface area contributed by atoms with Crippen LogP contribution in [0.25, 0.3) is 22.1 Å². The van der Waals surface area contributed by atoms with Gasteiger partial charge in [0.1, 0.15) is 21.8 Å². The van der Waals surface area contributed by atoms with Crippen molar-refractivity contribution >= 4 is 49.5 Å². The van der Waals surface area contributed by atoms with Crippen molar-refractivity contribution in [3.63, 3.8) is 0 Å². The zero-order valence-electron chi connectivity index (χ0n) is 11.9. The van der Waals surface area contributed by atoms with Gasteiger partial charge in [-0.3, -0.25) is 4.72 Å². The van der Waals surface area contributed by atoms with E-state index in [1.807, 2.05) is 6.92 Å². The number of hydrogen-bond donors (Lipinski definition) is 2. The molecule has 0 amide bonds. The molecule has 2 N–H and O–H groups in total. The van der Waals surface area contributed by atoms with Crippen molar-refractivity contribution in [2.45, 2.75) is 11.8 Å². The number of H-pyrrole nitrogens is 1. The number of nitrogens with one attached hydrogen (secondary N) is 2. The predicted octanol–water partition coefficient (Wildman–Crippen LogP) is 2.68. The number of hydrogen-bond acceptors (Lipinski definition) is 6. The molecule has 0 saturated heterocycles. The van der Waals surface area contributed by atoms with Crippen LogP contribution in [0.15, 0.2) is 41.3 Å². The minimum absolute atomic E-state index is 0.115. The summed E-state index contributed by atoms with van der Waals surface area (Å²) in [7, 11) is -3.75. The highest BCUT2D eigenvalue weighted by molar-refractivity contribution is 7.93. The van der Waals surface area contributed by atoms with E-state index in [0.717, 1.165) is 28.6 Å². The molecule has 2 aromatic heterocycles. The van der Waals surface area contributed by atoms with Crippen molar-refractivity contribution in [3.8, 4) is 0 Å². The van der Waals surface area contributed by atoms with Gasteiger partial charge in [-0.1, -0.05) is 6.07 Å². The Labute approximate surface area is 135 Å². The Bertz CT molecular complexity index is 1130. The van der Waals surface area contributed by atoms with E-state index >= 15 is 0 Å². The number of aromatic amines is 1. The molecular formula is C14H11N5O2S2. The first kappa shape index (κ1) is 14.1. The van der Waals surface area contributed by atoms with Crippen molar-refractivity contribution in [1.29, 1.82) is 0 Å². The van der Waals surface area contributed by atoms with Crippen LogP contribution in [0, 0.1) is 6.92 Å². The van der Waals surface area contributed by atoms with E-state index in [0.29, 0.717) is 16.7 Å². The zero-order chi connectivity index (χ0) is 16.0. The molecule has 116 valence electrons. The van der Waals surface area contributed by atoms with Crippen molar-refractivity contribution in [2.75, 3.05) is 4.72 Å². The number of imidazole rings is 1. The molecule has 0 spiro atoms. The Balaban J connectivity index is 1.77. The number of aromatic nitrogens is 4. The van der Waals surface area contributed by atoms with E-state index in [-0.39, 0.29) is 4.90 Å². The third kappa shape index (κ3) is 2.43. The number of anilines is 1. The minimum Gasteiger partial charge on any atom is -0.342 e. The van der Waals surface area contributed by atoms with E-state index < -0.39 is 10.0 Å². The second kappa shape index (κ2) is 5.00. The van der Waals surface area contributed by atoms with E-state index in [2.05, 4.69) is 23.4 Å². The topological polar surface area (TPSA) is 101 Å². The lowest BCUT2D eigenvalue weighted by molar-refractivity contribution is 0.602. The van der Waals surface area contributed by atoms with Gasteiger partial charge in [-0.25, -0.2) is 13.4 Å². The summed E-state index contributed by atoms with van der Waals surface area (Å²) in [4.78, 5) is 7.49. The summed E-state index contributed by atoms with van der Waals surface area (Å²) in [6.45, 7) is 1.85. The van der Waals surface area contributed by atoms with Crippen molar-refractivity contribution < 1.29 is 8.42 Å². The standard InChI is InChI=1S/C14H11N5O2S2/c1-8-15-10-6-5-9(7-12(10)16-8)19-23(20,21)13-4-2-3-11-14(13)18-22-17-11/h2-7,19H,1H3,(H,15,16). The maximum atomic E-state index is 12.7. The molecule has 0 aliphatic rings. The molecule has 0 atom stereocenters. The Kier molecular flexibility index (Phi) is 3.06. The Hall–Kier alpha value is -2.52. The summed E-state index contributed by atoms with van der Waals surface area (Å²) in [5.74, 6) is 0.776. The summed E-state index contributed by atoms with van der Waals surface area (Å²) in [6, 6.07) is 10.1. The molecule has 4 rings (SSSR count). The van der Waals surface area contributed by atoms with Crippen LogP contribution < -0.4 is 4.72 Å². The van der Waals surface area contributed by atoms with E-state index in [4.69, 9.17) is 0 Å². The van der Waals surface area contributed by atoms with Crippen LogP contribution >= 0.6 is 11.7 Å². The fraction of sp³-hybridized carbons (Fsp3) is 0.0714. The number of nitrogens with zero attached hydrogens (tertiary/aromatic N) is 3. The molecule has 4 aromatic rings. The smallest absolute Gasteiger partial charge is 0.264 e. The first-order valence-electron chi connectivity index (χ1n) is 6.73. The molecule has 0 bridgehead atoms. The van der Waals surface area contributed by atoms with Gasteiger partial charge < -0.3 is 4.98 Å². The Morgan fingerprint density at radius 3 is 2.87 bits per heavy atom. The van der Waals surface area contributed by atoms with Gasteiger partial charge in [-0.05, 0) is 37.3 Å². The highest BCUT2D eigenvalue weighted by atomic mass is 32.2. The zero-order valence-corrected chi connectivity index (χ0v) is 13.6. The average Bonchev–Trinajstić information content (AvgIpc) is 3.10. The highest BCUT2D eigenvalue weighted by Crippen LogP contribution is 2.25. The van der Waals surface area contributed by atoms with Gasteiger partial charge >= 0.3 is 0 Å². The summed E-state index contributed by atoms with van der Waals surface area (Å²) in [5, 5.41) is 0. The molecular weight excluding hydrogens is 334 g/mol. The quantitative estimate of drug-likeness (QED) is 0.594. The van der Waals surface area contributed by atoms with Gasteiger partial charge in [0.25, 0.3) is 10.0 Å². The van der Waals surface area contributed by atoms with Crippen molar-refractivity contribution in [3.05, 3.63) is 42.2 Å². The summed E-state index contributed by atoms with van der Waals surface area (Å²) in [6.07, 6.45) is 0. The van der Waals surface area contributed by atoms with Crippen molar-refractivity contribution in [2.24, 2.45) is 0 Å². The van der Waals surface area contributed by atoms with Crippen LogP contribution in [0.2, 0.25) is 0 Å². The van der Waals surface area contributed by atoms with E-state index in [9.17, 15) is 8.42 Å². The molecule has 0 aliphatic heterocycles. The second-order valence-corrected chi connectivity index (χ2v) is 7.23. The van der Waals surface area contributed by atoms with Gasteiger partial charge in [0.15, 0.2) is 0 Å². The Morgan fingerprint density at radius 1 is 1.13 bits per heavy atom. The highest BCUT2D eigenvalue weighted by Gasteiger charge is 2.19. The lowest BCUT2D eigenvalue weighted by atomic mass is 10.3. The number of fused-ring (bicyclic) bond motifs is 2. The van der Waals surface area contributed by atoms with Crippen LogP contribution in [-0.2, 0) is 10.0 Å². The summed E-state index contributed by atoms with van der Waals surface area (Å²) < 4.78 is 36.0. The maximum absolute atomic E-state index is 12.7. The number of aryl methyl sites for hydroxylation is 1. The number of sulfonamides is 1. The van der Waals surface area contributed by atoms with E-state index in [1.54, 1.807) is 30.3 Å². The van der Waals surface area contributed by atoms with Crippen LogP contribution in [0.1, 0.15) is 5.82 Å². The molecule has 9 heteroatoms. The fourth-order valence-corrected chi connectivity index (χ4v) is 4.23. The normalized spacial score (nSPS) is 12.0. The molecule has 0 saturated carbocycles. The van der Waals surface area contributed by atoms with Gasteiger partial charge in [-0.2, -0.15) is 8.75 Å². The van der Waals surface area contributed by atoms with Gasteiger partial charge in [0.2, 0.25) is 0 Å². The van der Waals surface area contributed by atoms with Gasteiger partial charge in [-0.15, -0.1) is 0 Å². The lowest BCUT2D eigenvalue weighted by Gasteiger charge is -2.08. The predicted molar refractivity (Wildman–Crippen MR) is 89.1 cm³/mol.